The summed E-state index contributed by atoms with van der Waals surface area (Å²) >= 11 is 9.28. The number of benzene rings is 4. The Hall–Kier alpha value is -0.263. The minimum atomic E-state index is -2.19. The van der Waals surface area contributed by atoms with Crippen molar-refractivity contribution in [3.63, 3.8) is 0 Å². The standard InChI is InChI=1S/C28H28I4O4Si/c1-28(2,3)37(6,7)36-23-11-15(30)9-17-19(32)13-22(35-5)27(25(17)23)26-21(34-4)12-18(31)16-8-14(29)10-20(33)24(16)26/h8-13,33H,1-7H3. The van der Waals surface area contributed by atoms with Gasteiger partial charge in [-0.1, -0.05) is 20.8 Å². The number of phenolic OH excluding ortho intramolecular Hbond substituents is 1. The Kier molecular flexibility index (Phi) is 8.80. The van der Waals surface area contributed by atoms with E-state index in [-0.39, 0.29) is 10.8 Å². The molecular formula is C28H28I4O4Si. The van der Waals surface area contributed by atoms with Crippen molar-refractivity contribution in [3.05, 3.63) is 50.7 Å². The molecule has 0 fully saturated rings. The average molecular weight is 964 g/mol. The molecule has 0 amide bonds. The highest BCUT2D eigenvalue weighted by Gasteiger charge is 2.40. The number of phenols is 1. The van der Waals surface area contributed by atoms with Crippen LogP contribution in [0, 0.1) is 14.3 Å². The Morgan fingerprint density at radius 2 is 1.14 bits per heavy atom. The maximum absolute atomic E-state index is 11.3. The lowest BCUT2D eigenvalue weighted by atomic mass is 9.91. The molecule has 0 heterocycles. The number of aromatic hydroxyl groups is 1. The molecule has 0 aromatic heterocycles. The number of fused-ring (bicyclic) bond motifs is 2. The Balaban J connectivity index is 2.27. The number of methoxy groups -OCH3 is 2. The molecule has 0 unspecified atom stereocenters. The lowest BCUT2D eigenvalue weighted by Crippen LogP contribution is -2.43. The van der Waals surface area contributed by atoms with Crippen molar-refractivity contribution in [2.24, 2.45) is 0 Å². The van der Waals surface area contributed by atoms with Crippen LogP contribution in [-0.4, -0.2) is 27.6 Å². The van der Waals surface area contributed by atoms with Crippen molar-refractivity contribution in [1.29, 1.82) is 0 Å². The molecule has 196 valence electrons. The van der Waals surface area contributed by atoms with Crippen molar-refractivity contribution in [3.8, 4) is 34.1 Å². The summed E-state index contributed by atoms with van der Waals surface area (Å²) in [5.74, 6) is 2.42. The van der Waals surface area contributed by atoms with E-state index in [1.54, 1.807) is 20.3 Å². The third-order valence-electron chi connectivity index (χ3n) is 7.03. The molecule has 0 radical (unpaired) electrons. The largest absolute Gasteiger partial charge is 0.543 e. The maximum atomic E-state index is 11.3. The minimum absolute atomic E-state index is 0.0228. The third kappa shape index (κ3) is 5.53. The number of rotatable bonds is 5. The third-order valence-corrected chi connectivity index (χ3v) is 14.4. The lowest BCUT2D eigenvalue weighted by molar-refractivity contribution is 0.410. The summed E-state index contributed by atoms with van der Waals surface area (Å²) in [6.07, 6.45) is 0. The normalized spacial score (nSPS) is 12.3. The van der Waals surface area contributed by atoms with Gasteiger partial charge in [-0.15, -0.1) is 0 Å². The topological polar surface area (TPSA) is 47.9 Å². The Morgan fingerprint density at radius 1 is 0.676 bits per heavy atom. The molecule has 37 heavy (non-hydrogen) atoms. The van der Waals surface area contributed by atoms with Gasteiger partial charge in [-0.05, 0) is 145 Å². The molecule has 0 aliphatic heterocycles. The zero-order valence-electron chi connectivity index (χ0n) is 21.6. The van der Waals surface area contributed by atoms with E-state index in [9.17, 15) is 5.11 Å². The molecule has 0 spiro atoms. The van der Waals surface area contributed by atoms with Crippen LogP contribution < -0.4 is 13.9 Å². The van der Waals surface area contributed by atoms with Crippen LogP contribution >= 0.6 is 90.4 Å². The van der Waals surface area contributed by atoms with Crippen LogP contribution in [0.5, 0.6) is 23.0 Å². The van der Waals surface area contributed by atoms with Crippen LogP contribution in [0.2, 0.25) is 18.1 Å². The van der Waals surface area contributed by atoms with Gasteiger partial charge in [-0.25, -0.2) is 0 Å². The summed E-state index contributed by atoms with van der Waals surface area (Å²) in [6.45, 7) is 11.3. The van der Waals surface area contributed by atoms with Gasteiger partial charge in [0, 0.05) is 47.0 Å². The van der Waals surface area contributed by atoms with Crippen LogP contribution in [0.1, 0.15) is 20.8 Å². The van der Waals surface area contributed by atoms with Crippen LogP contribution in [0.3, 0.4) is 0 Å². The SMILES string of the molecule is COc1cc(I)c2cc(I)cc(O)c2c1-c1c(OC)cc(I)c2cc(I)cc(O[Si](C)(C)C(C)(C)C)c12. The van der Waals surface area contributed by atoms with Gasteiger partial charge in [-0.2, -0.15) is 0 Å². The summed E-state index contributed by atoms with van der Waals surface area (Å²) < 4.78 is 23.1. The Morgan fingerprint density at radius 3 is 1.62 bits per heavy atom. The minimum Gasteiger partial charge on any atom is -0.543 e. The van der Waals surface area contributed by atoms with Gasteiger partial charge in [0.15, 0.2) is 0 Å². The molecule has 0 atom stereocenters. The number of hydrogen-bond donors (Lipinski definition) is 1. The van der Waals surface area contributed by atoms with E-state index in [0.717, 1.165) is 52.7 Å². The fourth-order valence-corrected chi connectivity index (χ4v) is 7.81. The van der Waals surface area contributed by atoms with Crippen LogP contribution in [-0.2, 0) is 0 Å². The van der Waals surface area contributed by atoms with E-state index in [4.69, 9.17) is 13.9 Å². The molecule has 0 aliphatic carbocycles. The second-order valence-electron chi connectivity index (χ2n) is 10.4. The van der Waals surface area contributed by atoms with Crippen molar-refractivity contribution in [1.82, 2.24) is 0 Å². The first-order valence-corrected chi connectivity index (χ1v) is 18.8. The zero-order chi connectivity index (χ0) is 27.4. The van der Waals surface area contributed by atoms with E-state index in [2.05, 4.69) is 148 Å². The number of halogens is 4. The van der Waals surface area contributed by atoms with Gasteiger partial charge in [0.05, 0.1) is 14.2 Å². The molecule has 0 saturated carbocycles. The molecule has 4 rings (SSSR count). The summed E-state index contributed by atoms with van der Waals surface area (Å²) in [6, 6.07) is 12.3. The summed E-state index contributed by atoms with van der Waals surface area (Å²) in [4.78, 5) is 0. The smallest absolute Gasteiger partial charge is 0.250 e. The molecule has 0 aliphatic rings. The molecule has 4 aromatic rings. The second kappa shape index (κ2) is 11.0. The Bertz CT molecular complexity index is 1540. The molecule has 9 heteroatoms. The lowest BCUT2D eigenvalue weighted by Gasteiger charge is -2.37. The van der Waals surface area contributed by atoms with Crippen molar-refractivity contribution in [2.45, 2.75) is 38.9 Å². The summed E-state index contributed by atoms with van der Waals surface area (Å²) in [5, 5.41) is 15.1. The van der Waals surface area contributed by atoms with E-state index in [1.807, 2.05) is 6.07 Å². The van der Waals surface area contributed by atoms with E-state index >= 15 is 0 Å². The molecule has 0 saturated heterocycles. The van der Waals surface area contributed by atoms with Gasteiger partial charge in [0.2, 0.25) is 0 Å². The first kappa shape index (κ1) is 29.7. The second-order valence-corrected chi connectivity index (χ2v) is 19.9. The molecule has 4 nitrogen and oxygen atoms in total. The van der Waals surface area contributed by atoms with Crippen molar-refractivity contribution < 1.29 is 19.0 Å². The van der Waals surface area contributed by atoms with Gasteiger partial charge >= 0.3 is 0 Å². The molecule has 4 aromatic carbocycles. The highest BCUT2D eigenvalue weighted by molar-refractivity contribution is 14.1. The fourth-order valence-electron chi connectivity index (χ4n) is 4.17. The quantitative estimate of drug-likeness (QED) is 0.160. The number of ether oxygens (including phenoxy) is 2. The molecular weight excluding hydrogens is 936 g/mol. The highest BCUT2D eigenvalue weighted by Crippen LogP contribution is 2.53. The van der Waals surface area contributed by atoms with Crippen LogP contribution in [0.4, 0.5) is 0 Å². The Labute approximate surface area is 273 Å². The fraction of sp³-hybridized carbons (Fsp3) is 0.286. The summed E-state index contributed by atoms with van der Waals surface area (Å²) in [7, 11) is 1.17. The van der Waals surface area contributed by atoms with Gasteiger partial charge in [0.25, 0.3) is 8.32 Å². The molecule has 0 bridgehead atoms. The van der Waals surface area contributed by atoms with E-state index in [0.29, 0.717) is 11.5 Å². The van der Waals surface area contributed by atoms with Gasteiger partial charge < -0.3 is 19.0 Å². The van der Waals surface area contributed by atoms with Crippen LogP contribution in [0.25, 0.3) is 32.7 Å². The first-order chi connectivity index (χ1) is 17.2. The van der Waals surface area contributed by atoms with Crippen LogP contribution in [0.15, 0.2) is 36.4 Å². The highest BCUT2D eigenvalue weighted by atomic mass is 127. The first-order valence-electron chi connectivity index (χ1n) is 11.6. The van der Waals surface area contributed by atoms with Crippen molar-refractivity contribution >= 4 is 120 Å². The van der Waals surface area contributed by atoms with E-state index in [1.165, 1.54) is 0 Å². The maximum Gasteiger partial charge on any atom is 0.250 e. The predicted octanol–water partition coefficient (Wildman–Crippen LogP) is 10.2. The molecule has 1 N–H and O–H groups in total. The summed E-state index contributed by atoms with van der Waals surface area (Å²) in [5.41, 5.74) is 1.66. The van der Waals surface area contributed by atoms with Gasteiger partial charge in [0.1, 0.15) is 23.0 Å². The monoisotopic (exact) mass is 964 g/mol. The van der Waals surface area contributed by atoms with E-state index < -0.39 is 8.32 Å². The zero-order valence-corrected chi connectivity index (χ0v) is 31.3. The van der Waals surface area contributed by atoms with Crippen molar-refractivity contribution in [2.75, 3.05) is 14.2 Å². The number of hydrogen-bond acceptors (Lipinski definition) is 4. The van der Waals surface area contributed by atoms with Gasteiger partial charge in [-0.3, -0.25) is 0 Å². The average Bonchev–Trinajstić information content (AvgIpc) is 2.78. The predicted molar refractivity (Wildman–Crippen MR) is 190 cm³/mol.